The molecule has 2 aromatic rings. The minimum Gasteiger partial charge on any atom is -0.454 e. The normalized spacial score (nSPS) is 17.6. The Balaban J connectivity index is 1.64. The summed E-state index contributed by atoms with van der Waals surface area (Å²) in [6.45, 7) is 5.79. The summed E-state index contributed by atoms with van der Waals surface area (Å²) in [5, 5.41) is 4.47. The maximum atomic E-state index is 13.0. The third kappa shape index (κ3) is 2.95. The Bertz CT molecular complexity index is 932. The molecule has 1 aromatic carbocycles. The zero-order valence-electron chi connectivity index (χ0n) is 14.8. The molecule has 0 aliphatic carbocycles. The summed E-state index contributed by atoms with van der Waals surface area (Å²) < 4.78 is 45.2. The van der Waals surface area contributed by atoms with Gasteiger partial charge in [0.05, 0.1) is 31.1 Å². The van der Waals surface area contributed by atoms with E-state index >= 15 is 0 Å². The standard InChI is InChI=1S/C17H21N3O5S/c1-12-17(26(21,22)19-5-7-23-8-6-19)13(2)20(18-12)10-14-3-4-15-16(9-14)25-11-24-15/h3-4,9H,5-8,10-11H2,1-2H3. The molecular formula is C17H21N3O5S. The summed E-state index contributed by atoms with van der Waals surface area (Å²) in [5.41, 5.74) is 2.11. The lowest BCUT2D eigenvalue weighted by Crippen LogP contribution is -2.41. The molecule has 0 amide bonds. The summed E-state index contributed by atoms with van der Waals surface area (Å²) in [7, 11) is -3.58. The molecule has 1 saturated heterocycles. The van der Waals surface area contributed by atoms with Gasteiger partial charge in [0.1, 0.15) is 4.90 Å². The van der Waals surface area contributed by atoms with Crippen LogP contribution in [0.25, 0.3) is 0 Å². The van der Waals surface area contributed by atoms with Crippen LogP contribution >= 0.6 is 0 Å². The topological polar surface area (TPSA) is 82.9 Å². The van der Waals surface area contributed by atoms with Crippen LogP contribution in [0.4, 0.5) is 0 Å². The number of aryl methyl sites for hydroxylation is 1. The van der Waals surface area contributed by atoms with E-state index in [1.54, 1.807) is 18.5 Å². The van der Waals surface area contributed by atoms with Gasteiger partial charge >= 0.3 is 0 Å². The molecular weight excluding hydrogens is 358 g/mol. The number of aromatic nitrogens is 2. The summed E-state index contributed by atoms with van der Waals surface area (Å²) in [4.78, 5) is 0.292. The van der Waals surface area contributed by atoms with Crippen LogP contribution in [0.1, 0.15) is 17.0 Å². The Morgan fingerprint density at radius 1 is 1.12 bits per heavy atom. The van der Waals surface area contributed by atoms with E-state index in [2.05, 4.69) is 5.10 Å². The SMILES string of the molecule is Cc1nn(Cc2ccc3c(c2)OCO3)c(C)c1S(=O)(=O)N1CCOCC1. The summed E-state index contributed by atoms with van der Waals surface area (Å²) in [6.07, 6.45) is 0. The molecule has 0 unspecified atom stereocenters. The molecule has 2 aliphatic heterocycles. The molecule has 4 rings (SSSR count). The number of rotatable bonds is 4. The van der Waals surface area contributed by atoms with Crippen LogP contribution in [0, 0.1) is 13.8 Å². The first kappa shape index (κ1) is 17.3. The van der Waals surface area contributed by atoms with E-state index in [0.717, 1.165) is 11.3 Å². The van der Waals surface area contributed by atoms with Crippen molar-refractivity contribution in [1.29, 1.82) is 0 Å². The fraction of sp³-hybridized carbons (Fsp3) is 0.471. The summed E-state index contributed by atoms with van der Waals surface area (Å²) in [5.74, 6) is 1.42. The number of benzene rings is 1. The van der Waals surface area contributed by atoms with Gasteiger partial charge in [0.25, 0.3) is 0 Å². The average Bonchev–Trinajstić information content (AvgIpc) is 3.20. The fourth-order valence-electron chi connectivity index (χ4n) is 3.34. The zero-order valence-corrected chi connectivity index (χ0v) is 15.6. The maximum absolute atomic E-state index is 13.0. The zero-order chi connectivity index (χ0) is 18.3. The first-order valence-electron chi connectivity index (χ1n) is 8.47. The summed E-state index contributed by atoms with van der Waals surface area (Å²) >= 11 is 0. The predicted molar refractivity (Wildman–Crippen MR) is 92.9 cm³/mol. The van der Waals surface area contributed by atoms with Crippen molar-refractivity contribution in [3.63, 3.8) is 0 Å². The van der Waals surface area contributed by atoms with Gasteiger partial charge in [0, 0.05) is 13.1 Å². The van der Waals surface area contributed by atoms with Gasteiger partial charge in [-0.15, -0.1) is 0 Å². The second-order valence-corrected chi connectivity index (χ2v) is 8.24. The number of morpholine rings is 1. The molecule has 0 saturated carbocycles. The van der Waals surface area contributed by atoms with Crippen molar-refractivity contribution < 1.29 is 22.6 Å². The van der Waals surface area contributed by atoms with Gasteiger partial charge in [-0.3, -0.25) is 4.68 Å². The molecule has 8 nitrogen and oxygen atoms in total. The van der Waals surface area contributed by atoms with Gasteiger partial charge in [-0.1, -0.05) is 6.07 Å². The van der Waals surface area contributed by atoms with Crippen LogP contribution in [-0.4, -0.2) is 55.6 Å². The van der Waals surface area contributed by atoms with Gasteiger partial charge in [-0.05, 0) is 31.5 Å². The van der Waals surface area contributed by atoms with Crippen LogP contribution < -0.4 is 9.47 Å². The van der Waals surface area contributed by atoms with Crippen molar-refractivity contribution in [2.45, 2.75) is 25.3 Å². The first-order valence-corrected chi connectivity index (χ1v) is 9.91. The van der Waals surface area contributed by atoms with Crippen molar-refractivity contribution in [1.82, 2.24) is 14.1 Å². The first-order chi connectivity index (χ1) is 12.5. The van der Waals surface area contributed by atoms with Gasteiger partial charge in [0.15, 0.2) is 11.5 Å². The van der Waals surface area contributed by atoms with Crippen LogP contribution in [0.5, 0.6) is 11.5 Å². The molecule has 9 heteroatoms. The largest absolute Gasteiger partial charge is 0.454 e. The molecule has 2 aliphatic rings. The van der Waals surface area contributed by atoms with Crippen molar-refractivity contribution in [3.05, 3.63) is 35.2 Å². The highest BCUT2D eigenvalue weighted by atomic mass is 32.2. The Morgan fingerprint density at radius 2 is 1.85 bits per heavy atom. The minimum absolute atomic E-state index is 0.223. The maximum Gasteiger partial charge on any atom is 0.246 e. The highest BCUT2D eigenvalue weighted by molar-refractivity contribution is 7.89. The number of ether oxygens (including phenoxy) is 3. The number of hydrogen-bond donors (Lipinski definition) is 0. The molecule has 140 valence electrons. The average molecular weight is 379 g/mol. The van der Waals surface area contributed by atoms with Crippen LogP contribution in [0.2, 0.25) is 0 Å². The van der Waals surface area contributed by atoms with Crippen molar-refractivity contribution >= 4 is 10.0 Å². The van der Waals surface area contributed by atoms with E-state index in [0.29, 0.717) is 54.9 Å². The van der Waals surface area contributed by atoms with Crippen LogP contribution in [0.3, 0.4) is 0 Å². The number of fused-ring (bicyclic) bond motifs is 1. The van der Waals surface area contributed by atoms with E-state index in [1.165, 1.54) is 4.31 Å². The van der Waals surface area contributed by atoms with Gasteiger partial charge in [-0.25, -0.2) is 8.42 Å². The molecule has 3 heterocycles. The van der Waals surface area contributed by atoms with E-state index in [4.69, 9.17) is 14.2 Å². The number of nitrogens with zero attached hydrogens (tertiary/aromatic N) is 3. The monoisotopic (exact) mass is 379 g/mol. The lowest BCUT2D eigenvalue weighted by molar-refractivity contribution is 0.0730. The third-order valence-electron chi connectivity index (χ3n) is 4.65. The Hall–Kier alpha value is -2.10. The molecule has 0 radical (unpaired) electrons. The third-order valence-corrected chi connectivity index (χ3v) is 6.80. The Kier molecular flexibility index (Phi) is 4.37. The highest BCUT2D eigenvalue weighted by Gasteiger charge is 2.32. The molecule has 0 spiro atoms. The lowest BCUT2D eigenvalue weighted by Gasteiger charge is -2.26. The second kappa shape index (κ2) is 6.57. The predicted octanol–water partition coefficient (Wildman–Crippen LogP) is 1.30. The molecule has 0 N–H and O–H groups in total. The molecule has 26 heavy (non-hydrogen) atoms. The van der Waals surface area contributed by atoms with E-state index in [9.17, 15) is 8.42 Å². The van der Waals surface area contributed by atoms with E-state index in [-0.39, 0.29) is 6.79 Å². The Morgan fingerprint density at radius 3 is 2.62 bits per heavy atom. The fourth-order valence-corrected chi connectivity index (χ4v) is 5.12. The lowest BCUT2D eigenvalue weighted by atomic mass is 10.2. The number of sulfonamides is 1. The van der Waals surface area contributed by atoms with Gasteiger partial charge in [-0.2, -0.15) is 9.40 Å². The van der Waals surface area contributed by atoms with Crippen LogP contribution in [-0.2, 0) is 21.3 Å². The van der Waals surface area contributed by atoms with Gasteiger partial charge in [0.2, 0.25) is 16.8 Å². The van der Waals surface area contributed by atoms with Gasteiger partial charge < -0.3 is 14.2 Å². The number of hydrogen-bond acceptors (Lipinski definition) is 6. The molecule has 0 atom stereocenters. The highest BCUT2D eigenvalue weighted by Crippen LogP contribution is 2.33. The summed E-state index contributed by atoms with van der Waals surface area (Å²) in [6, 6.07) is 5.68. The second-order valence-electron chi connectivity index (χ2n) is 6.36. The van der Waals surface area contributed by atoms with Crippen molar-refractivity contribution in [2.24, 2.45) is 0 Å². The van der Waals surface area contributed by atoms with Crippen molar-refractivity contribution in [3.8, 4) is 11.5 Å². The molecule has 1 aromatic heterocycles. The Labute approximate surface area is 152 Å². The minimum atomic E-state index is -3.58. The quantitative estimate of drug-likeness (QED) is 0.796. The molecule has 1 fully saturated rings. The van der Waals surface area contributed by atoms with Crippen LogP contribution in [0.15, 0.2) is 23.1 Å². The van der Waals surface area contributed by atoms with Crippen molar-refractivity contribution in [2.75, 3.05) is 33.1 Å². The molecule has 0 bridgehead atoms. The van der Waals surface area contributed by atoms with E-state index < -0.39 is 10.0 Å². The smallest absolute Gasteiger partial charge is 0.246 e. The van der Waals surface area contributed by atoms with E-state index in [1.807, 2.05) is 18.2 Å².